The van der Waals surface area contributed by atoms with Gasteiger partial charge in [-0.3, -0.25) is 14.4 Å². The van der Waals surface area contributed by atoms with Gasteiger partial charge in [0.25, 0.3) is 0 Å². The van der Waals surface area contributed by atoms with E-state index in [1.165, 1.54) is 9.80 Å². The molecule has 1 aliphatic rings. The van der Waals surface area contributed by atoms with Gasteiger partial charge in [-0.15, -0.1) is 0 Å². The van der Waals surface area contributed by atoms with E-state index in [2.05, 4.69) is 0 Å². The molecule has 2 rings (SSSR count). The molecular formula is C15H18N2O4. The first kappa shape index (κ1) is 15.0. The number of likely N-dealkylation sites (N-methyl/N-ethyl adjacent to an activating group) is 1. The van der Waals surface area contributed by atoms with E-state index in [1.54, 1.807) is 31.3 Å². The number of carbonyl (C=O) groups is 3. The van der Waals surface area contributed by atoms with Gasteiger partial charge in [-0.05, 0) is 31.2 Å². The Morgan fingerprint density at radius 3 is 2.43 bits per heavy atom. The summed E-state index contributed by atoms with van der Waals surface area (Å²) < 4.78 is 5.31. The van der Waals surface area contributed by atoms with Gasteiger partial charge < -0.3 is 14.5 Å². The van der Waals surface area contributed by atoms with Gasteiger partial charge >= 0.3 is 0 Å². The van der Waals surface area contributed by atoms with Crippen LogP contribution in [0.3, 0.4) is 0 Å². The molecule has 1 saturated heterocycles. The number of ether oxygens (including phenoxy) is 1. The Morgan fingerprint density at radius 1 is 1.14 bits per heavy atom. The van der Waals surface area contributed by atoms with Crippen LogP contribution in [0.2, 0.25) is 0 Å². The molecule has 0 aromatic heterocycles. The molecule has 0 saturated carbocycles. The van der Waals surface area contributed by atoms with Crippen molar-refractivity contribution >= 4 is 17.6 Å². The van der Waals surface area contributed by atoms with Gasteiger partial charge in [0.1, 0.15) is 12.3 Å². The van der Waals surface area contributed by atoms with Gasteiger partial charge in [-0.1, -0.05) is 0 Å². The molecule has 112 valence electrons. The van der Waals surface area contributed by atoms with Gasteiger partial charge in [0, 0.05) is 12.6 Å². The van der Waals surface area contributed by atoms with E-state index in [4.69, 9.17) is 4.74 Å². The highest BCUT2D eigenvalue weighted by Crippen LogP contribution is 2.13. The minimum absolute atomic E-state index is 0.0232. The van der Waals surface area contributed by atoms with Gasteiger partial charge in [-0.2, -0.15) is 0 Å². The van der Waals surface area contributed by atoms with Crippen LogP contribution in [0, 0.1) is 0 Å². The van der Waals surface area contributed by atoms with E-state index < -0.39 is 0 Å². The normalized spacial score (nSPS) is 15.3. The van der Waals surface area contributed by atoms with Crippen molar-refractivity contribution in [2.24, 2.45) is 0 Å². The van der Waals surface area contributed by atoms with Crippen molar-refractivity contribution in [3.63, 3.8) is 0 Å². The molecule has 6 heteroatoms. The zero-order chi connectivity index (χ0) is 15.4. The number of ketones is 1. The standard InChI is InChI=1S/C15H18N2O4/c1-3-21-12-6-4-11(5-7-12)13(18)8-17-10-14(19)16(2)9-15(17)20/h4-7H,3,8-10H2,1-2H3. The van der Waals surface area contributed by atoms with Crippen LogP contribution in [0.1, 0.15) is 17.3 Å². The molecule has 0 unspecified atom stereocenters. The molecule has 0 aliphatic carbocycles. The SMILES string of the molecule is CCOc1ccc(C(=O)CN2CC(=O)N(C)CC2=O)cc1. The molecule has 21 heavy (non-hydrogen) atoms. The molecule has 0 spiro atoms. The van der Waals surface area contributed by atoms with Crippen molar-refractivity contribution in [1.82, 2.24) is 9.80 Å². The highest BCUT2D eigenvalue weighted by atomic mass is 16.5. The van der Waals surface area contributed by atoms with Gasteiger partial charge in [-0.25, -0.2) is 0 Å². The summed E-state index contributed by atoms with van der Waals surface area (Å²) in [6.07, 6.45) is 0. The second-order valence-electron chi connectivity index (χ2n) is 4.88. The van der Waals surface area contributed by atoms with E-state index in [-0.39, 0.29) is 37.2 Å². The summed E-state index contributed by atoms with van der Waals surface area (Å²) in [5, 5.41) is 0. The number of benzene rings is 1. The highest BCUT2D eigenvalue weighted by Gasteiger charge is 2.28. The Bertz CT molecular complexity index is 553. The minimum atomic E-state index is -0.212. The van der Waals surface area contributed by atoms with Crippen molar-refractivity contribution in [3.05, 3.63) is 29.8 Å². The number of rotatable bonds is 5. The van der Waals surface area contributed by atoms with Gasteiger partial charge in [0.05, 0.1) is 19.7 Å². The first-order chi connectivity index (χ1) is 10.0. The fraction of sp³-hybridized carbons (Fsp3) is 0.400. The Labute approximate surface area is 123 Å². The predicted octanol–water partition coefficient (Wildman–Crippen LogP) is 0.569. The van der Waals surface area contributed by atoms with Crippen LogP contribution in [0.5, 0.6) is 5.75 Å². The molecule has 2 amide bonds. The minimum Gasteiger partial charge on any atom is -0.494 e. The molecule has 0 N–H and O–H groups in total. The summed E-state index contributed by atoms with van der Waals surface area (Å²) in [6, 6.07) is 6.76. The fourth-order valence-electron chi connectivity index (χ4n) is 2.08. The first-order valence-electron chi connectivity index (χ1n) is 6.79. The number of hydrogen-bond donors (Lipinski definition) is 0. The molecule has 1 aromatic rings. The van der Waals surface area contributed by atoms with Crippen LogP contribution in [0.15, 0.2) is 24.3 Å². The first-order valence-corrected chi connectivity index (χ1v) is 6.79. The average molecular weight is 290 g/mol. The van der Waals surface area contributed by atoms with Crippen LogP contribution >= 0.6 is 0 Å². The molecule has 6 nitrogen and oxygen atoms in total. The number of hydrogen-bond acceptors (Lipinski definition) is 4. The Kier molecular flexibility index (Phi) is 4.57. The van der Waals surface area contributed by atoms with E-state index in [9.17, 15) is 14.4 Å². The quantitative estimate of drug-likeness (QED) is 0.744. The topological polar surface area (TPSA) is 66.9 Å². The molecule has 1 aromatic carbocycles. The monoisotopic (exact) mass is 290 g/mol. The third-order valence-corrected chi connectivity index (χ3v) is 3.30. The van der Waals surface area contributed by atoms with E-state index >= 15 is 0 Å². The second kappa shape index (κ2) is 6.39. The molecular weight excluding hydrogens is 272 g/mol. The van der Waals surface area contributed by atoms with Crippen LogP contribution in [0.4, 0.5) is 0 Å². The number of amides is 2. The van der Waals surface area contributed by atoms with Crippen LogP contribution in [0.25, 0.3) is 0 Å². The summed E-state index contributed by atoms with van der Waals surface area (Å²) in [6.45, 7) is 2.35. The van der Waals surface area contributed by atoms with Crippen molar-refractivity contribution in [2.75, 3.05) is 33.3 Å². The summed E-state index contributed by atoms with van der Waals surface area (Å²) in [4.78, 5) is 38.2. The van der Waals surface area contributed by atoms with E-state index in [0.717, 1.165) is 0 Å². The number of nitrogens with zero attached hydrogens (tertiary/aromatic N) is 2. The summed E-state index contributed by atoms with van der Waals surface area (Å²) in [7, 11) is 1.58. The van der Waals surface area contributed by atoms with Crippen LogP contribution in [-0.2, 0) is 9.59 Å². The Hall–Kier alpha value is -2.37. The van der Waals surface area contributed by atoms with Crippen molar-refractivity contribution in [2.45, 2.75) is 6.92 Å². The van der Waals surface area contributed by atoms with Crippen molar-refractivity contribution in [1.29, 1.82) is 0 Å². The average Bonchev–Trinajstić information content (AvgIpc) is 2.46. The lowest BCUT2D eigenvalue weighted by Crippen LogP contribution is -2.53. The maximum absolute atomic E-state index is 12.2. The van der Waals surface area contributed by atoms with Crippen LogP contribution in [-0.4, -0.2) is 60.7 Å². The number of piperazine rings is 1. The molecule has 0 radical (unpaired) electrons. The van der Waals surface area contributed by atoms with Crippen molar-refractivity contribution in [3.8, 4) is 5.75 Å². The summed E-state index contributed by atoms with van der Waals surface area (Å²) in [5.41, 5.74) is 0.498. The van der Waals surface area contributed by atoms with Crippen LogP contribution < -0.4 is 4.74 Å². The fourth-order valence-corrected chi connectivity index (χ4v) is 2.08. The van der Waals surface area contributed by atoms with E-state index in [0.29, 0.717) is 17.9 Å². The molecule has 1 heterocycles. The molecule has 0 atom stereocenters. The van der Waals surface area contributed by atoms with Gasteiger partial charge in [0.15, 0.2) is 5.78 Å². The lowest BCUT2D eigenvalue weighted by atomic mass is 10.1. The zero-order valence-corrected chi connectivity index (χ0v) is 12.2. The maximum atomic E-state index is 12.2. The number of Topliss-reactive ketones (excluding diaryl/α,β-unsaturated/α-hetero) is 1. The smallest absolute Gasteiger partial charge is 0.243 e. The summed E-state index contributed by atoms with van der Waals surface area (Å²) in [5.74, 6) is 0.133. The highest BCUT2D eigenvalue weighted by molar-refractivity contribution is 6.01. The third-order valence-electron chi connectivity index (χ3n) is 3.30. The second-order valence-corrected chi connectivity index (χ2v) is 4.88. The molecule has 1 aliphatic heterocycles. The molecule has 1 fully saturated rings. The maximum Gasteiger partial charge on any atom is 0.243 e. The lowest BCUT2D eigenvalue weighted by molar-refractivity contribution is -0.148. The van der Waals surface area contributed by atoms with Crippen molar-refractivity contribution < 1.29 is 19.1 Å². The lowest BCUT2D eigenvalue weighted by Gasteiger charge is -2.31. The largest absolute Gasteiger partial charge is 0.494 e. The Balaban J connectivity index is 2.00. The zero-order valence-electron chi connectivity index (χ0n) is 12.2. The summed E-state index contributed by atoms with van der Waals surface area (Å²) >= 11 is 0. The molecule has 0 bridgehead atoms. The van der Waals surface area contributed by atoms with Gasteiger partial charge in [0.2, 0.25) is 11.8 Å². The third kappa shape index (κ3) is 3.59. The Morgan fingerprint density at radius 2 is 1.81 bits per heavy atom. The number of carbonyl (C=O) groups excluding carboxylic acids is 3. The predicted molar refractivity (Wildman–Crippen MR) is 76.2 cm³/mol. The van der Waals surface area contributed by atoms with E-state index in [1.807, 2.05) is 6.92 Å².